The van der Waals surface area contributed by atoms with Crippen molar-refractivity contribution in [2.24, 2.45) is 10.8 Å². The van der Waals surface area contributed by atoms with Crippen molar-refractivity contribution in [2.45, 2.75) is 58.2 Å². The minimum absolute atomic E-state index is 0.206. The van der Waals surface area contributed by atoms with Gasteiger partial charge in [-0.2, -0.15) is 0 Å². The smallest absolute Gasteiger partial charge is 0.323 e. The van der Waals surface area contributed by atoms with Gasteiger partial charge >= 0.3 is 23.9 Å². The SMILES string of the molecule is COC(=O)C1(C(=O)OC)CC2=C(CCC3=C(CC(C(=O)OC)(C(=O)OC)C3)/C([Si](C)(C)C)=C\2)C1. The summed E-state index contributed by atoms with van der Waals surface area (Å²) < 4.78 is 20.1. The molecule has 186 valence electrons. The lowest BCUT2D eigenvalue weighted by atomic mass is 9.82. The van der Waals surface area contributed by atoms with Gasteiger partial charge in [-0.15, -0.1) is 0 Å². The van der Waals surface area contributed by atoms with Gasteiger partial charge in [-0.05, 0) is 49.7 Å². The van der Waals surface area contributed by atoms with Crippen LogP contribution in [0.15, 0.2) is 33.6 Å². The van der Waals surface area contributed by atoms with Crippen molar-refractivity contribution >= 4 is 32.0 Å². The number of carbonyl (C=O) groups is 4. The summed E-state index contributed by atoms with van der Waals surface area (Å²) in [5.74, 6) is -2.36. The second kappa shape index (κ2) is 9.17. The normalized spacial score (nSPS) is 22.5. The van der Waals surface area contributed by atoms with Crippen molar-refractivity contribution in [1.29, 1.82) is 0 Å². The summed E-state index contributed by atoms with van der Waals surface area (Å²) in [4.78, 5) is 51.2. The molecule has 3 aliphatic carbocycles. The summed E-state index contributed by atoms with van der Waals surface area (Å²) in [7, 11) is 3.13. The van der Waals surface area contributed by atoms with E-state index in [4.69, 9.17) is 18.9 Å². The molecule has 0 saturated heterocycles. The van der Waals surface area contributed by atoms with E-state index in [1.807, 2.05) is 0 Å². The zero-order valence-corrected chi connectivity index (χ0v) is 22.1. The maximum Gasteiger partial charge on any atom is 0.323 e. The van der Waals surface area contributed by atoms with Crippen molar-refractivity contribution < 1.29 is 38.1 Å². The van der Waals surface area contributed by atoms with Crippen LogP contribution in [0.3, 0.4) is 0 Å². The first kappa shape index (κ1) is 25.9. The third kappa shape index (κ3) is 4.04. The van der Waals surface area contributed by atoms with E-state index >= 15 is 0 Å². The van der Waals surface area contributed by atoms with Gasteiger partial charge < -0.3 is 18.9 Å². The lowest BCUT2D eigenvalue weighted by molar-refractivity contribution is -0.170. The van der Waals surface area contributed by atoms with E-state index in [1.54, 1.807) is 0 Å². The lowest BCUT2D eigenvalue weighted by Crippen LogP contribution is -2.40. The third-order valence-corrected chi connectivity index (χ3v) is 9.43. The van der Waals surface area contributed by atoms with Crippen LogP contribution in [-0.2, 0) is 38.1 Å². The highest BCUT2D eigenvalue weighted by Crippen LogP contribution is 2.54. The highest BCUT2D eigenvalue weighted by molar-refractivity contribution is 6.84. The van der Waals surface area contributed by atoms with E-state index in [2.05, 4.69) is 25.7 Å². The molecule has 34 heavy (non-hydrogen) atoms. The van der Waals surface area contributed by atoms with Crippen LogP contribution < -0.4 is 0 Å². The zero-order valence-electron chi connectivity index (χ0n) is 21.1. The Hall–Kier alpha value is -2.68. The molecule has 0 aromatic carbocycles. The van der Waals surface area contributed by atoms with Gasteiger partial charge in [0, 0.05) is 0 Å². The number of methoxy groups -OCH3 is 4. The standard InChI is InChI=1S/C25H34O8Si/c1-30-20(26)24(21(27)31-2)11-15-8-9-16-12-25(22(28)32-3,23(29)33-4)14-18(16)19(34(5,6)7)10-17(15)13-24/h10H,8-9,11-14H2,1-7H3/b19-10+. The first-order valence-corrected chi connectivity index (χ1v) is 14.9. The molecule has 0 aliphatic heterocycles. The molecule has 0 saturated carbocycles. The predicted molar refractivity (Wildman–Crippen MR) is 126 cm³/mol. The Morgan fingerprint density at radius 3 is 1.53 bits per heavy atom. The maximum absolute atomic E-state index is 12.8. The van der Waals surface area contributed by atoms with Crippen LogP contribution in [0.1, 0.15) is 38.5 Å². The summed E-state index contributed by atoms with van der Waals surface area (Å²) in [6.07, 6.45) is 4.22. The average molecular weight is 491 g/mol. The van der Waals surface area contributed by atoms with Gasteiger partial charge in [0.05, 0.1) is 36.5 Å². The zero-order chi connectivity index (χ0) is 25.5. The summed E-state index contributed by atoms with van der Waals surface area (Å²) in [6, 6.07) is 0. The van der Waals surface area contributed by atoms with Gasteiger partial charge in [-0.25, -0.2) is 0 Å². The van der Waals surface area contributed by atoms with Crippen molar-refractivity contribution in [3.8, 4) is 0 Å². The summed E-state index contributed by atoms with van der Waals surface area (Å²) >= 11 is 0. The molecule has 0 aromatic heterocycles. The fourth-order valence-electron chi connectivity index (χ4n) is 5.64. The Kier molecular flexibility index (Phi) is 6.99. The molecule has 0 atom stereocenters. The second-order valence-corrected chi connectivity index (χ2v) is 15.4. The van der Waals surface area contributed by atoms with Crippen molar-refractivity contribution in [3.63, 3.8) is 0 Å². The molecule has 0 radical (unpaired) electrons. The molecular formula is C25H34O8Si. The van der Waals surface area contributed by atoms with Crippen LogP contribution in [0.5, 0.6) is 0 Å². The van der Waals surface area contributed by atoms with Crippen molar-refractivity contribution in [2.75, 3.05) is 28.4 Å². The van der Waals surface area contributed by atoms with E-state index in [0.29, 0.717) is 12.8 Å². The average Bonchev–Trinajstić information content (AvgIpc) is 3.36. The monoisotopic (exact) mass is 490 g/mol. The van der Waals surface area contributed by atoms with E-state index in [0.717, 1.165) is 27.5 Å². The van der Waals surface area contributed by atoms with Gasteiger partial charge in [0.2, 0.25) is 0 Å². The van der Waals surface area contributed by atoms with Crippen LogP contribution in [0.4, 0.5) is 0 Å². The minimum Gasteiger partial charge on any atom is -0.468 e. The molecule has 3 rings (SSSR count). The van der Waals surface area contributed by atoms with E-state index < -0.39 is 42.8 Å². The van der Waals surface area contributed by atoms with Crippen LogP contribution in [0.2, 0.25) is 19.6 Å². The molecule has 0 spiro atoms. The molecule has 0 fully saturated rings. The van der Waals surface area contributed by atoms with Gasteiger partial charge in [0.15, 0.2) is 10.8 Å². The first-order valence-electron chi connectivity index (χ1n) is 11.4. The lowest BCUT2D eigenvalue weighted by Gasteiger charge is -2.27. The molecule has 0 amide bonds. The molecule has 0 N–H and O–H groups in total. The predicted octanol–water partition coefficient (Wildman–Crippen LogP) is 3.43. The topological polar surface area (TPSA) is 105 Å². The molecule has 8 nitrogen and oxygen atoms in total. The molecule has 9 heteroatoms. The first-order chi connectivity index (χ1) is 15.9. The van der Waals surface area contributed by atoms with Crippen LogP contribution in [-0.4, -0.2) is 60.4 Å². The van der Waals surface area contributed by atoms with E-state index in [-0.39, 0.29) is 25.7 Å². The number of esters is 4. The summed E-state index contributed by atoms with van der Waals surface area (Å²) in [6.45, 7) is 6.60. The highest BCUT2D eigenvalue weighted by Gasteiger charge is 2.56. The Labute approximate surface area is 201 Å². The van der Waals surface area contributed by atoms with E-state index in [1.165, 1.54) is 28.4 Å². The molecule has 0 unspecified atom stereocenters. The largest absolute Gasteiger partial charge is 0.468 e. The number of rotatable bonds is 5. The third-order valence-electron chi connectivity index (χ3n) is 7.37. The Balaban J connectivity index is 2.10. The van der Waals surface area contributed by atoms with Crippen LogP contribution >= 0.6 is 0 Å². The quantitative estimate of drug-likeness (QED) is 0.250. The fraction of sp³-hybridized carbons (Fsp3) is 0.600. The van der Waals surface area contributed by atoms with Crippen molar-refractivity contribution in [3.05, 3.63) is 33.6 Å². The van der Waals surface area contributed by atoms with Gasteiger partial charge in [-0.1, -0.05) is 42.1 Å². The van der Waals surface area contributed by atoms with Gasteiger partial charge in [0.1, 0.15) is 0 Å². The fourth-order valence-corrected chi connectivity index (χ4v) is 7.41. The summed E-state index contributed by atoms with van der Waals surface area (Å²) in [5, 5.41) is 1.11. The molecule has 3 aliphatic rings. The van der Waals surface area contributed by atoms with E-state index in [9.17, 15) is 19.2 Å². The minimum atomic E-state index is -1.99. The molecular weight excluding hydrogens is 456 g/mol. The molecule has 0 heterocycles. The molecule has 0 bridgehead atoms. The Morgan fingerprint density at radius 1 is 0.676 bits per heavy atom. The number of hydrogen-bond acceptors (Lipinski definition) is 8. The van der Waals surface area contributed by atoms with Crippen LogP contribution in [0.25, 0.3) is 0 Å². The summed E-state index contributed by atoms with van der Waals surface area (Å²) in [5.41, 5.74) is 1.22. The number of carbonyl (C=O) groups excluding carboxylic acids is 4. The van der Waals surface area contributed by atoms with Crippen LogP contribution in [0, 0.1) is 10.8 Å². The van der Waals surface area contributed by atoms with Crippen molar-refractivity contribution in [1.82, 2.24) is 0 Å². The Bertz CT molecular complexity index is 992. The van der Waals surface area contributed by atoms with Gasteiger partial charge in [-0.3, -0.25) is 19.2 Å². The number of hydrogen-bond donors (Lipinski definition) is 0. The maximum atomic E-state index is 12.8. The second-order valence-electron chi connectivity index (χ2n) is 10.4. The number of ether oxygens (including phenoxy) is 4. The van der Waals surface area contributed by atoms with Gasteiger partial charge in [0.25, 0.3) is 0 Å². The molecule has 0 aromatic rings. The number of allylic oxidation sites excluding steroid dienone is 6. The highest BCUT2D eigenvalue weighted by atomic mass is 28.3. The Morgan fingerprint density at radius 2 is 1.09 bits per heavy atom.